The van der Waals surface area contributed by atoms with E-state index in [1.807, 2.05) is 72.9 Å². The van der Waals surface area contributed by atoms with Crippen molar-refractivity contribution in [3.63, 3.8) is 0 Å². The average Bonchev–Trinajstić information content (AvgIpc) is 3.15. The van der Waals surface area contributed by atoms with Gasteiger partial charge in [0, 0.05) is 29.1 Å². The molecule has 216 valence electrons. The molecule has 0 saturated carbocycles. The van der Waals surface area contributed by atoms with Crippen molar-refractivity contribution in [2.24, 2.45) is 0 Å². The van der Waals surface area contributed by atoms with Gasteiger partial charge in [0.2, 0.25) is 0 Å². The van der Waals surface area contributed by atoms with E-state index in [0.717, 1.165) is 49.7 Å². The normalized spacial score (nSPS) is 11.0. The highest BCUT2D eigenvalue weighted by molar-refractivity contribution is 5.99. The predicted molar refractivity (Wildman–Crippen MR) is 188 cm³/mol. The van der Waals surface area contributed by atoms with Crippen molar-refractivity contribution in [3.05, 3.63) is 170 Å². The Morgan fingerprint density at radius 2 is 0.804 bits per heavy atom. The van der Waals surface area contributed by atoms with Gasteiger partial charge in [-0.25, -0.2) is 15.0 Å². The monoisotopic (exact) mass is 588 g/mol. The molecule has 8 aromatic rings. The predicted octanol–water partition coefficient (Wildman–Crippen LogP) is 10.4. The first-order valence-corrected chi connectivity index (χ1v) is 15.3. The van der Waals surface area contributed by atoms with Crippen molar-refractivity contribution in [1.29, 1.82) is 0 Å². The Balaban J connectivity index is 1.21. The van der Waals surface area contributed by atoms with Crippen molar-refractivity contribution >= 4 is 10.8 Å². The van der Waals surface area contributed by atoms with Crippen LogP contribution < -0.4 is 0 Å². The van der Waals surface area contributed by atoms with Crippen LogP contribution in [0.2, 0.25) is 0 Å². The Bertz CT molecular complexity index is 2210. The molecule has 4 nitrogen and oxygen atoms in total. The fourth-order valence-corrected chi connectivity index (χ4v) is 5.84. The molecule has 0 atom stereocenters. The quantitative estimate of drug-likeness (QED) is 0.194. The van der Waals surface area contributed by atoms with Crippen molar-refractivity contribution in [1.82, 2.24) is 19.9 Å². The van der Waals surface area contributed by atoms with Gasteiger partial charge in [-0.2, -0.15) is 0 Å². The number of benzene rings is 6. The summed E-state index contributed by atoms with van der Waals surface area (Å²) >= 11 is 0. The lowest BCUT2D eigenvalue weighted by molar-refractivity contribution is 1.08. The summed E-state index contributed by atoms with van der Waals surface area (Å²) in [4.78, 5) is 19.2. The van der Waals surface area contributed by atoms with Crippen LogP contribution in [-0.2, 0) is 0 Å². The fraction of sp³-hybridized carbons (Fsp3) is 0. The fourth-order valence-electron chi connectivity index (χ4n) is 5.84. The molecule has 8 rings (SSSR count). The molecule has 2 aromatic heterocycles. The van der Waals surface area contributed by atoms with Gasteiger partial charge < -0.3 is 0 Å². The molecule has 46 heavy (non-hydrogen) atoms. The molecule has 0 bridgehead atoms. The van der Waals surface area contributed by atoms with Gasteiger partial charge >= 0.3 is 0 Å². The summed E-state index contributed by atoms with van der Waals surface area (Å²) < 4.78 is 0. The number of nitrogens with zero attached hydrogens (tertiary/aromatic N) is 4. The smallest absolute Gasteiger partial charge is 0.164 e. The van der Waals surface area contributed by atoms with Gasteiger partial charge in [-0.05, 0) is 62.4 Å². The average molecular weight is 589 g/mol. The number of hydrogen-bond acceptors (Lipinski definition) is 4. The number of hydrogen-bond donors (Lipinski definition) is 0. The zero-order valence-corrected chi connectivity index (χ0v) is 25.0. The van der Waals surface area contributed by atoms with Gasteiger partial charge in [0.1, 0.15) is 0 Å². The van der Waals surface area contributed by atoms with E-state index in [-0.39, 0.29) is 0 Å². The molecular weight excluding hydrogens is 560 g/mol. The van der Waals surface area contributed by atoms with E-state index in [2.05, 4.69) is 96.0 Å². The molecule has 0 spiro atoms. The first-order chi connectivity index (χ1) is 22.8. The second-order valence-electron chi connectivity index (χ2n) is 11.2. The maximum Gasteiger partial charge on any atom is 0.164 e. The first kappa shape index (κ1) is 27.3. The van der Waals surface area contributed by atoms with Gasteiger partial charge in [0.25, 0.3) is 0 Å². The minimum Gasteiger partial charge on any atom is -0.264 e. The van der Waals surface area contributed by atoms with Crippen LogP contribution in [0.25, 0.3) is 78.3 Å². The van der Waals surface area contributed by atoms with Gasteiger partial charge in [-0.15, -0.1) is 0 Å². The Morgan fingerprint density at radius 3 is 1.37 bits per heavy atom. The van der Waals surface area contributed by atoms with Crippen LogP contribution in [0.4, 0.5) is 0 Å². The molecule has 0 N–H and O–H groups in total. The Hall–Kier alpha value is -6.26. The van der Waals surface area contributed by atoms with Crippen LogP contribution in [-0.4, -0.2) is 19.9 Å². The molecule has 6 aromatic carbocycles. The highest BCUT2D eigenvalue weighted by Gasteiger charge is 2.16. The Kier molecular flexibility index (Phi) is 7.14. The highest BCUT2D eigenvalue weighted by atomic mass is 15.0. The summed E-state index contributed by atoms with van der Waals surface area (Å²) in [6.45, 7) is 0. The molecule has 0 aliphatic heterocycles. The van der Waals surface area contributed by atoms with Crippen molar-refractivity contribution in [2.45, 2.75) is 0 Å². The lowest BCUT2D eigenvalue weighted by atomic mass is 9.94. The molecule has 0 aliphatic carbocycles. The molecule has 0 radical (unpaired) electrons. The third kappa shape index (κ3) is 5.44. The van der Waals surface area contributed by atoms with Crippen LogP contribution in [0.3, 0.4) is 0 Å². The first-order valence-electron chi connectivity index (χ1n) is 15.3. The van der Waals surface area contributed by atoms with E-state index < -0.39 is 0 Å². The highest BCUT2D eigenvalue weighted by Crippen LogP contribution is 2.35. The second-order valence-corrected chi connectivity index (χ2v) is 11.2. The molecule has 0 saturated heterocycles. The summed E-state index contributed by atoms with van der Waals surface area (Å²) in [5, 5.41) is 2.23. The topological polar surface area (TPSA) is 51.6 Å². The van der Waals surface area contributed by atoms with E-state index >= 15 is 0 Å². The number of rotatable bonds is 6. The summed E-state index contributed by atoms with van der Waals surface area (Å²) in [7, 11) is 0. The Morgan fingerprint density at radius 1 is 0.326 bits per heavy atom. The van der Waals surface area contributed by atoms with E-state index in [1.165, 1.54) is 11.1 Å². The molecule has 2 heterocycles. The van der Waals surface area contributed by atoms with Gasteiger partial charge in [0.05, 0.1) is 0 Å². The van der Waals surface area contributed by atoms with Gasteiger partial charge in [-0.3, -0.25) is 4.98 Å². The van der Waals surface area contributed by atoms with Gasteiger partial charge in [-0.1, -0.05) is 140 Å². The number of pyridine rings is 1. The molecule has 0 amide bonds. The van der Waals surface area contributed by atoms with Gasteiger partial charge in [0.15, 0.2) is 17.5 Å². The maximum absolute atomic E-state index is 5.04. The van der Waals surface area contributed by atoms with E-state index in [4.69, 9.17) is 15.0 Å². The third-order valence-corrected chi connectivity index (χ3v) is 8.23. The van der Waals surface area contributed by atoms with Crippen LogP contribution in [0.5, 0.6) is 0 Å². The molecule has 0 aliphatic rings. The van der Waals surface area contributed by atoms with Crippen molar-refractivity contribution in [2.75, 3.05) is 0 Å². The number of aromatic nitrogens is 4. The zero-order chi connectivity index (χ0) is 30.7. The van der Waals surface area contributed by atoms with Crippen LogP contribution >= 0.6 is 0 Å². The minimum atomic E-state index is 0.649. The third-order valence-electron chi connectivity index (χ3n) is 8.23. The Labute approximate surface area is 267 Å². The van der Waals surface area contributed by atoms with Crippen molar-refractivity contribution < 1.29 is 0 Å². The minimum absolute atomic E-state index is 0.649. The van der Waals surface area contributed by atoms with Crippen LogP contribution in [0.15, 0.2) is 170 Å². The van der Waals surface area contributed by atoms with E-state index in [9.17, 15) is 0 Å². The summed E-state index contributed by atoms with van der Waals surface area (Å²) in [5.41, 5.74) is 9.72. The molecule has 0 fully saturated rings. The van der Waals surface area contributed by atoms with Crippen LogP contribution in [0.1, 0.15) is 0 Å². The maximum atomic E-state index is 5.04. The van der Waals surface area contributed by atoms with E-state index in [1.54, 1.807) is 6.20 Å². The van der Waals surface area contributed by atoms with Crippen molar-refractivity contribution in [3.8, 4) is 67.5 Å². The molecular formula is C42H28N4. The summed E-state index contributed by atoms with van der Waals surface area (Å²) in [6, 6.07) is 54.5. The molecule has 0 unspecified atom stereocenters. The summed E-state index contributed by atoms with van der Waals surface area (Å²) in [6.07, 6.45) is 3.69. The SMILES string of the molecule is c1ccc(-c2nc(-c3ccccc3)nc(-c3cc(-c4ccc(-c5ccc(-c6cccnc6)cc5)cc4)cc4ccccc34)n2)cc1. The molecule has 4 heteroatoms. The number of fused-ring (bicyclic) bond motifs is 1. The lowest BCUT2D eigenvalue weighted by Crippen LogP contribution is -2.00. The lowest BCUT2D eigenvalue weighted by Gasteiger charge is -2.13. The summed E-state index contributed by atoms with van der Waals surface area (Å²) in [5.74, 6) is 1.95. The standard InChI is InChI=1S/C42H28N4/c1-3-10-33(11-4-1)40-44-41(34-12-5-2-6-13-34)46-42(45-40)39-27-37(26-35-14-7-8-16-38(35)39)32-23-19-30(20-24-32)29-17-21-31(22-18-29)36-15-9-25-43-28-36/h1-28H. The second kappa shape index (κ2) is 12.0. The van der Waals surface area contributed by atoms with Crippen LogP contribution in [0, 0.1) is 0 Å². The zero-order valence-electron chi connectivity index (χ0n) is 25.0. The largest absolute Gasteiger partial charge is 0.264 e. The van der Waals surface area contributed by atoms with E-state index in [0.29, 0.717) is 17.5 Å².